The maximum atomic E-state index is 12.7. The van der Waals surface area contributed by atoms with Crippen LogP contribution in [0.25, 0.3) is 15.7 Å². The van der Waals surface area contributed by atoms with Gasteiger partial charge in [0.1, 0.15) is 18.4 Å². The molecule has 0 amide bonds. The Kier molecular flexibility index (Phi) is 4.91. The van der Waals surface area contributed by atoms with Crippen LogP contribution in [0.5, 0.6) is 0 Å². The number of likely N-dealkylation sites (tertiary alicyclic amines) is 1. The normalized spacial score (nSPS) is 15.9. The highest BCUT2D eigenvalue weighted by Gasteiger charge is 2.14. The summed E-state index contributed by atoms with van der Waals surface area (Å²) in [6, 6.07) is 3.96. The van der Waals surface area contributed by atoms with Gasteiger partial charge < -0.3 is 4.90 Å². The van der Waals surface area contributed by atoms with Crippen molar-refractivity contribution in [1.82, 2.24) is 19.1 Å². The molecule has 6 nitrogen and oxygen atoms in total. The molecule has 1 aliphatic heterocycles. The number of hydrogen-bond acceptors (Lipinski definition) is 5. The van der Waals surface area contributed by atoms with Crippen LogP contribution >= 0.6 is 11.3 Å². The van der Waals surface area contributed by atoms with Crippen molar-refractivity contribution in [2.45, 2.75) is 45.6 Å². The minimum absolute atomic E-state index is 0.0627. The number of nitrogens with zero attached hydrogens (tertiary/aromatic N) is 4. The highest BCUT2D eigenvalue weighted by atomic mass is 32.1. The van der Waals surface area contributed by atoms with E-state index in [4.69, 9.17) is 0 Å². The second kappa shape index (κ2) is 7.32. The predicted molar refractivity (Wildman–Crippen MR) is 104 cm³/mol. The number of piperidine rings is 1. The van der Waals surface area contributed by atoms with E-state index in [0.29, 0.717) is 11.9 Å². The van der Waals surface area contributed by atoms with E-state index in [9.17, 15) is 9.59 Å². The van der Waals surface area contributed by atoms with Crippen molar-refractivity contribution in [2.75, 3.05) is 19.6 Å². The molecular formula is C19H24N4O2S. The molecule has 0 unspecified atom stereocenters. The second-order valence-corrected chi connectivity index (χ2v) is 8.43. The molecule has 3 aromatic rings. The maximum Gasteiger partial charge on any atom is 0.291 e. The molecule has 3 aromatic heterocycles. The Morgan fingerprint density at radius 1 is 1.19 bits per heavy atom. The van der Waals surface area contributed by atoms with Gasteiger partial charge in [0, 0.05) is 11.3 Å². The van der Waals surface area contributed by atoms with Gasteiger partial charge in [0.2, 0.25) is 0 Å². The number of fused-ring (bicyclic) bond motifs is 3. The molecule has 0 aromatic carbocycles. The van der Waals surface area contributed by atoms with E-state index in [2.05, 4.69) is 16.1 Å². The van der Waals surface area contributed by atoms with E-state index >= 15 is 0 Å². The lowest BCUT2D eigenvalue weighted by Gasteiger charge is -2.26. The molecule has 1 saturated heterocycles. The van der Waals surface area contributed by atoms with Crippen LogP contribution in [-0.4, -0.2) is 44.5 Å². The number of rotatable bonds is 6. The molecule has 0 saturated carbocycles. The van der Waals surface area contributed by atoms with E-state index in [1.54, 1.807) is 17.7 Å². The molecule has 4 rings (SSSR count). The number of carbonyl (C=O) groups excluding carboxylic acids is 1. The number of ketones is 1. The molecule has 0 radical (unpaired) electrons. The molecule has 0 aliphatic carbocycles. The SMILES string of the molecule is Cc1cc2c(cc3c(=O)n(CC(=O)CCCN4CCCCC4)ncn32)s1. The number of carbonyl (C=O) groups is 1. The Morgan fingerprint density at radius 3 is 2.81 bits per heavy atom. The van der Waals surface area contributed by atoms with E-state index < -0.39 is 0 Å². The Bertz CT molecular complexity index is 994. The quantitative estimate of drug-likeness (QED) is 0.668. The van der Waals surface area contributed by atoms with Crippen molar-refractivity contribution in [3.63, 3.8) is 0 Å². The smallest absolute Gasteiger partial charge is 0.291 e. The average Bonchev–Trinajstić information content (AvgIpc) is 3.15. The fourth-order valence-electron chi connectivity index (χ4n) is 3.76. The summed E-state index contributed by atoms with van der Waals surface area (Å²) in [5, 5.41) is 4.22. The molecule has 26 heavy (non-hydrogen) atoms. The number of aromatic nitrogens is 3. The minimum Gasteiger partial charge on any atom is -0.303 e. The van der Waals surface area contributed by atoms with Crippen molar-refractivity contribution in [3.05, 3.63) is 33.7 Å². The summed E-state index contributed by atoms with van der Waals surface area (Å²) < 4.78 is 4.19. The molecule has 0 atom stereocenters. The molecule has 4 heterocycles. The van der Waals surface area contributed by atoms with Gasteiger partial charge in [0.15, 0.2) is 5.78 Å². The molecular weight excluding hydrogens is 348 g/mol. The van der Waals surface area contributed by atoms with Crippen LogP contribution in [0.2, 0.25) is 0 Å². The fourth-order valence-corrected chi connectivity index (χ4v) is 4.71. The van der Waals surface area contributed by atoms with Crippen LogP contribution in [0.3, 0.4) is 0 Å². The summed E-state index contributed by atoms with van der Waals surface area (Å²) in [5.74, 6) is 0.0742. The number of Topliss-reactive ketones (excluding diaryl/α,β-unsaturated/α-hetero) is 1. The van der Waals surface area contributed by atoms with E-state index in [-0.39, 0.29) is 17.9 Å². The summed E-state index contributed by atoms with van der Waals surface area (Å²) in [4.78, 5) is 28.6. The Balaban J connectivity index is 1.42. The highest BCUT2D eigenvalue weighted by molar-refractivity contribution is 7.19. The van der Waals surface area contributed by atoms with Gasteiger partial charge in [-0.1, -0.05) is 6.42 Å². The van der Waals surface area contributed by atoms with Gasteiger partial charge in [-0.2, -0.15) is 5.10 Å². The monoisotopic (exact) mass is 372 g/mol. The molecule has 1 fully saturated rings. The van der Waals surface area contributed by atoms with Gasteiger partial charge >= 0.3 is 0 Å². The van der Waals surface area contributed by atoms with Crippen LogP contribution in [0.15, 0.2) is 23.3 Å². The van der Waals surface area contributed by atoms with Crippen LogP contribution in [-0.2, 0) is 11.3 Å². The number of thiophene rings is 1. The third kappa shape index (κ3) is 3.46. The van der Waals surface area contributed by atoms with Crippen molar-refractivity contribution in [3.8, 4) is 0 Å². The lowest BCUT2D eigenvalue weighted by molar-refractivity contribution is -0.120. The zero-order chi connectivity index (χ0) is 18.1. The summed E-state index contributed by atoms with van der Waals surface area (Å²) >= 11 is 1.66. The molecule has 138 valence electrons. The molecule has 0 N–H and O–H groups in total. The maximum absolute atomic E-state index is 12.7. The van der Waals surface area contributed by atoms with Crippen molar-refractivity contribution in [2.24, 2.45) is 0 Å². The van der Waals surface area contributed by atoms with Crippen molar-refractivity contribution in [1.29, 1.82) is 0 Å². The minimum atomic E-state index is -0.196. The predicted octanol–water partition coefficient (Wildman–Crippen LogP) is 2.85. The van der Waals surface area contributed by atoms with Crippen LogP contribution in [0, 0.1) is 6.92 Å². The van der Waals surface area contributed by atoms with Gasteiger partial charge in [-0.15, -0.1) is 11.3 Å². The third-order valence-electron chi connectivity index (χ3n) is 5.12. The Hall–Kier alpha value is -1.99. The number of hydrogen-bond donors (Lipinski definition) is 0. The second-order valence-electron chi connectivity index (χ2n) is 7.14. The Labute approximate surface area is 156 Å². The largest absolute Gasteiger partial charge is 0.303 e. The first-order valence-corrected chi connectivity index (χ1v) is 10.1. The number of aryl methyl sites for hydroxylation is 1. The van der Waals surface area contributed by atoms with Crippen LogP contribution in [0.1, 0.15) is 37.0 Å². The first-order chi connectivity index (χ1) is 12.6. The summed E-state index contributed by atoms with van der Waals surface area (Å²) in [6.07, 6.45) is 6.86. The summed E-state index contributed by atoms with van der Waals surface area (Å²) in [6.45, 7) is 5.39. The Morgan fingerprint density at radius 2 is 2.00 bits per heavy atom. The first-order valence-electron chi connectivity index (χ1n) is 9.33. The summed E-state index contributed by atoms with van der Waals surface area (Å²) in [7, 11) is 0. The lowest BCUT2D eigenvalue weighted by Crippen LogP contribution is -2.31. The first kappa shape index (κ1) is 17.4. The van der Waals surface area contributed by atoms with Crippen molar-refractivity contribution >= 4 is 32.9 Å². The van der Waals surface area contributed by atoms with Gasteiger partial charge in [0.25, 0.3) is 5.56 Å². The molecule has 0 bridgehead atoms. The zero-order valence-electron chi connectivity index (χ0n) is 15.1. The van der Waals surface area contributed by atoms with Crippen LogP contribution < -0.4 is 5.56 Å². The molecule has 7 heteroatoms. The summed E-state index contributed by atoms with van der Waals surface area (Å²) in [5.41, 5.74) is 1.40. The van der Waals surface area contributed by atoms with E-state index in [1.165, 1.54) is 28.8 Å². The average molecular weight is 372 g/mol. The fraction of sp³-hybridized carbons (Fsp3) is 0.526. The van der Waals surface area contributed by atoms with Crippen molar-refractivity contribution < 1.29 is 4.79 Å². The molecule has 1 aliphatic rings. The molecule has 0 spiro atoms. The highest BCUT2D eigenvalue weighted by Crippen LogP contribution is 2.26. The standard InChI is InChI=1S/C19H24N4O2S/c1-14-10-16-18(26-14)11-17-19(25)23(20-13-22(16)17)12-15(24)6-5-9-21-7-3-2-4-8-21/h10-11,13H,2-9,12H2,1H3. The van der Waals surface area contributed by atoms with E-state index in [1.807, 2.05) is 17.4 Å². The van der Waals surface area contributed by atoms with Gasteiger partial charge in [-0.25, -0.2) is 4.68 Å². The third-order valence-corrected chi connectivity index (χ3v) is 6.10. The van der Waals surface area contributed by atoms with Gasteiger partial charge in [0.05, 0.1) is 10.2 Å². The van der Waals surface area contributed by atoms with Gasteiger partial charge in [-0.3, -0.25) is 14.0 Å². The van der Waals surface area contributed by atoms with Gasteiger partial charge in [-0.05, 0) is 58.0 Å². The lowest BCUT2D eigenvalue weighted by atomic mass is 10.1. The van der Waals surface area contributed by atoms with E-state index in [0.717, 1.165) is 36.3 Å². The topological polar surface area (TPSA) is 59.6 Å². The van der Waals surface area contributed by atoms with Crippen LogP contribution in [0.4, 0.5) is 0 Å². The zero-order valence-corrected chi connectivity index (χ0v) is 15.9.